The van der Waals surface area contributed by atoms with Gasteiger partial charge < -0.3 is 9.84 Å². The summed E-state index contributed by atoms with van der Waals surface area (Å²) in [7, 11) is 0. The van der Waals surface area contributed by atoms with Crippen LogP contribution in [-0.2, 0) is 0 Å². The van der Waals surface area contributed by atoms with Crippen molar-refractivity contribution in [3.63, 3.8) is 0 Å². The van der Waals surface area contributed by atoms with Crippen molar-refractivity contribution >= 4 is 11.9 Å². The van der Waals surface area contributed by atoms with Crippen LogP contribution in [0.5, 0.6) is 5.75 Å². The third-order valence-corrected chi connectivity index (χ3v) is 3.52. The molecule has 0 aliphatic carbocycles. The Kier molecular flexibility index (Phi) is 4.49. The number of rotatable bonds is 4. The molecule has 2 rings (SSSR count). The third kappa shape index (κ3) is 3.16. The first-order valence-electron chi connectivity index (χ1n) is 6.75. The first-order chi connectivity index (χ1) is 10.0. The van der Waals surface area contributed by atoms with Crippen molar-refractivity contribution in [2.75, 3.05) is 13.1 Å². The molecule has 5 heteroatoms. The lowest BCUT2D eigenvalue weighted by Crippen LogP contribution is -2.42. The van der Waals surface area contributed by atoms with Gasteiger partial charge in [0.2, 0.25) is 0 Å². The highest BCUT2D eigenvalue weighted by molar-refractivity contribution is 5.99. The number of nitrogens with zero attached hydrogens (tertiary/aromatic N) is 2. The second-order valence-electron chi connectivity index (χ2n) is 4.89. The van der Waals surface area contributed by atoms with Gasteiger partial charge in [-0.1, -0.05) is 12.1 Å². The number of hydrogen-bond donors (Lipinski definition) is 1. The minimum atomic E-state index is -1.03. The van der Waals surface area contributed by atoms with Gasteiger partial charge in [-0.2, -0.15) is 0 Å². The van der Waals surface area contributed by atoms with E-state index in [0.717, 1.165) is 11.1 Å². The number of terminal acetylenes is 1. The monoisotopic (exact) mass is 286 g/mol. The molecule has 1 atom stereocenters. The van der Waals surface area contributed by atoms with E-state index in [4.69, 9.17) is 11.2 Å². The second kappa shape index (κ2) is 6.31. The Hall–Kier alpha value is -2.48. The summed E-state index contributed by atoms with van der Waals surface area (Å²) in [6.07, 6.45) is 4.09. The van der Waals surface area contributed by atoms with Gasteiger partial charge in [0.05, 0.1) is 19.5 Å². The van der Waals surface area contributed by atoms with E-state index in [9.17, 15) is 9.90 Å². The summed E-state index contributed by atoms with van der Waals surface area (Å²) in [6.45, 7) is 4.75. The normalized spacial score (nSPS) is 15.3. The molecule has 0 saturated carbocycles. The van der Waals surface area contributed by atoms with Crippen molar-refractivity contribution in [2.24, 2.45) is 4.99 Å². The second-order valence-corrected chi connectivity index (χ2v) is 4.89. The van der Waals surface area contributed by atoms with E-state index in [0.29, 0.717) is 24.7 Å². The maximum Gasteiger partial charge on any atom is 0.412 e. The molecule has 1 N–H and O–H groups in total. The summed E-state index contributed by atoms with van der Waals surface area (Å²) >= 11 is 0. The lowest BCUT2D eigenvalue weighted by Gasteiger charge is -2.23. The molecule has 0 fully saturated rings. The van der Waals surface area contributed by atoms with Crippen molar-refractivity contribution in [3.05, 3.63) is 29.3 Å². The lowest BCUT2D eigenvalue weighted by atomic mass is 10.1. The van der Waals surface area contributed by atoms with E-state index in [2.05, 4.69) is 10.9 Å². The molecule has 0 saturated heterocycles. The fraction of sp³-hybridized carbons (Fsp3) is 0.375. The number of hydrogen-bond acceptors (Lipinski definition) is 3. The van der Waals surface area contributed by atoms with Crippen LogP contribution < -0.4 is 4.74 Å². The number of aliphatic imine (C=N–C) groups is 1. The standard InChI is InChI=1S/C16H18N2O3/c1-4-6-14(15-17-9-10-18(15)16(19)20)21-13-8-5-7-11(2)12(13)3/h1,5,7-8,14H,6,9-10H2,2-3H3,(H,19,20). The van der Waals surface area contributed by atoms with E-state index in [1.165, 1.54) is 4.90 Å². The number of carbonyl (C=O) groups is 1. The van der Waals surface area contributed by atoms with Crippen LogP contribution in [0.15, 0.2) is 23.2 Å². The predicted molar refractivity (Wildman–Crippen MR) is 80.8 cm³/mol. The molecule has 0 radical (unpaired) electrons. The average molecular weight is 286 g/mol. The Morgan fingerprint density at radius 3 is 3.00 bits per heavy atom. The summed E-state index contributed by atoms with van der Waals surface area (Å²) in [6, 6.07) is 5.75. The van der Waals surface area contributed by atoms with Crippen molar-refractivity contribution in [1.29, 1.82) is 0 Å². The molecule has 0 aromatic heterocycles. The molecule has 1 aliphatic rings. The maximum atomic E-state index is 11.2. The lowest BCUT2D eigenvalue weighted by molar-refractivity contribution is 0.166. The summed E-state index contributed by atoms with van der Waals surface area (Å²) < 4.78 is 5.95. The number of amidine groups is 1. The Labute approximate surface area is 124 Å². The van der Waals surface area contributed by atoms with Gasteiger partial charge >= 0.3 is 6.09 Å². The molecular weight excluding hydrogens is 268 g/mol. The highest BCUT2D eigenvalue weighted by Gasteiger charge is 2.31. The highest BCUT2D eigenvalue weighted by atomic mass is 16.5. The van der Waals surface area contributed by atoms with Crippen molar-refractivity contribution in [1.82, 2.24) is 4.90 Å². The third-order valence-electron chi connectivity index (χ3n) is 3.52. The Balaban J connectivity index is 2.26. The van der Waals surface area contributed by atoms with Crippen molar-refractivity contribution in [2.45, 2.75) is 26.4 Å². The van der Waals surface area contributed by atoms with Crippen molar-refractivity contribution in [3.8, 4) is 18.1 Å². The summed E-state index contributed by atoms with van der Waals surface area (Å²) in [5.41, 5.74) is 2.12. The number of carboxylic acid groups (broad SMARTS) is 1. The van der Waals surface area contributed by atoms with Crippen LogP contribution in [0.2, 0.25) is 0 Å². The molecule has 5 nitrogen and oxygen atoms in total. The fourth-order valence-corrected chi connectivity index (χ4v) is 2.23. The summed E-state index contributed by atoms with van der Waals surface area (Å²) in [4.78, 5) is 16.7. The van der Waals surface area contributed by atoms with Gasteiger partial charge in [0.1, 0.15) is 5.75 Å². The van der Waals surface area contributed by atoms with E-state index in [1.807, 2.05) is 32.0 Å². The Bertz CT molecular complexity index is 616. The summed E-state index contributed by atoms with van der Waals surface area (Å²) in [5, 5.41) is 9.20. The molecule has 1 aliphatic heterocycles. The highest BCUT2D eigenvalue weighted by Crippen LogP contribution is 2.24. The van der Waals surface area contributed by atoms with Gasteiger partial charge in [-0.05, 0) is 31.0 Å². The SMILES string of the molecule is C#CCC(Oc1cccc(C)c1C)C1=NCCN1C(=O)O. The van der Waals surface area contributed by atoms with Gasteiger partial charge in [-0.15, -0.1) is 12.3 Å². The molecule has 1 unspecified atom stereocenters. The molecule has 1 aromatic carbocycles. The minimum Gasteiger partial charge on any atom is -0.481 e. The van der Waals surface area contributed by atoms with E-state index in [-0.39, 0.29) is 6.42 Å². The molecule has 1 heterocycles. The average Bonchev–Trinajstić information content (AvgIpc) is 2.92. The molecule has 21 heavy (non-hydrogen) atoms. The number of aryl methyl sites for hydroxylation is 1. The van der Waals surface area contributed by atoms with Gasteiger partial charge in [0, 0.05) is 0 Å². The molecule has 0 spiro atoms. The van der Waals surface area contributed by atoms with Crippen LogP contribution in [0.25, 0.3) is 0 Å². The van der Waals surface area contributed by atoms with Crippen LogP contribution >= 0.6 is 0 Å². The number of benzene rings is 1. The molecule has 1 aromatic rings. The first-order valence-corrected chi connectivity index (χ1v) is 6.75. The predicted octanol–water partition coefficient (Wildman–Crippen LogP) is 2.47. The van der Waals surface area contributed by atoms with Gasteiger partial charge in [-0.25, -0.2) is 4.79 Å². The molecule has 1 amide bonds. The summed E-state index contributed by atoms with van der Waals surface area (Å²) in [5.74, 6) is 3.63. The molecular formula is C16H18N2O3. The fourth-order valence-electron chi connectivity index (χ4n) is 2.23. The molecule has 0 bridgehead atoms. The van der Waals surface area contributed by atoms with Crippen LogP contribution in [0, 0.1) is 26.2 Å². The van der Waals surface area contributed by atoms with Crippen molar-refractivity contribution < 1.29 is 14.6 Å². The van der Waals surface area contributed by atoms with Crippen LogP contribution in [0.1, 0.15) is 17.5 Å². The molecule has 110 valence electrons. The van der Waals surface area contributed by atoms with Gasteiger partial charge in [0.15, 0.2) is 11.9 Å². The quantitative estimate of drug-likeness (QED) is 0.865. The Morgan fingerprint density at radius 2 is 2.33 bits per heavy atom. The maximum absolute atomic E-state index is 11.2. The van der Waals surface area contributed by atoms with Crippen LogP contribution in [-0.4, -0.2) is 41.1 Å². The first kappa shape index (κ1) is 14.9. The van der Waals surface area contributed by atoms with Crippen LogP contribution in [0.3, 0.4) is 0 Å². The number of ether oxygens (including phenoxy) is 1. The topological polar surface area (TPSA) is 62.1 Å². The zero-order valence-electron chi connectivity index (χ0n) is 12.2. The largest absolute Gasteiger partial charge is 0.481 e. The smallest absolute Gasteiger partial charge is 0.412 e. The van der Waals surface area contributed by atoms with Gasteiger partial charge in [0.25, 0.3) is 0 Å². The van der Waals surface area contributed by atoms with E-state index < -0.39 is 12.2 Å². The zero-order valence-corrected chi connectivity index (χ0v) is 12.2. The van der Waals surface area contributed by atoms with E-state index in [1.54, 1.807) is 0 Å². The number of amides is 1. The van der Waals surface area contributed by atoms with Crippen LogP contribution in [0.4, 0.5) is 4.79 Å². The zero-order chi connectivity index (χ0) is 15.4. The Morgan fingerprint density at radius 1 is 1.57 bits per heavy atom. The minimum absolute atomic E-state index is 0.274. The van der Waals surface area contributed by atoms with E-state index >= 15 is 0 Å². The van der Waals surface area contributed by atoms with Gasteiger partial charge in [-0.3, -0.25) is 9.89 Å².